The van der Waals surface area contributed by atoms with Crippen LogP contribution in [-0.2, 0) is 0 Å². The molecule has 2 saturated heterocycles. The normalized spacial score (nSPS) is 30.7. The highest BCUT2D eigenvalue weighted by atomic mass is 32.2. The summed E-state index contributed by atoms with van der Waals surface area (Å²) in [6.07, 6.45) is 10.9. The highest BCUT2D eigenvalue weighted by Gasteiger charge is 2.32. The Morgan fingerprint density at radius 3 is 2.45 bits per heavy atom. The van der Waals surface area contributed by atoms with Crippen LogP contribution in [-0.4, -0.2) is 71.3 Å². The van der Waals surface area contributed by atoms with Gasteiger partial charge in [0.1, 0.15) is 0 Å². The van der Waals surface area contributed by atoms with Gasteiger partial charge in [0.25, 0.3) is 0 Å². The first-order valence-corrected chi connectivity index (χ1v) is 10.7. The Bertz CT molecular complexity index is 316. The van der Waals surface area contributed by atoms with E-state index >= 15 is 0 Å². The lowest BCUT2D eigenvalue weighted by Crippen LogP contribution is -2.57. The minimum Gasteiger partial charge on any atom is -0.396 e. The van der Waals surface area contributed by atoms with Gasteiger partial charge in [-0.3, -0.25) is 9.80 Å². The molecule has 128 valence electrons. The molecule has 1 aliphatic carbocycles. The van der Waals surface area contributed by atoms with Crippen molar-refractivity contribution in [3.8, 4) is 0 Å². The van der Waals surface area contributed by atoms with Crippen molar-refractivity contribution in [1.29, 1.82) is 0 Å². The lowest BCUT2D eigenvalue weighted by atomic mass is 9.88. The molecule has 2 aliphatic heterocycles. The molecule has 0 aromatic rings. The van der Waals surface area contributed by atoms with Gasteiger partial charge in [-0.1, -0.05) is 19.3 Å². The van der Waals surface area contributed by atoms with E-state index in [1.165, 1.54) is 82.6 Å². The SMILES string of the molecule is OCCC1CN(C2CCSCC2)CCN1CC1CCCCC1. The quantitative estimate of drug-likeness (QED) is 0.840. The minimum atomic E-state index is 0.347. The Labute approximate surface area is 140 Å². The zero-order valence-electron chi connectivity index (χ0n) is 14.1. The van der Waals surface area contributed by atoms with Crippen molar-refractivity contribution in [3.05, 3.63) is 0 Å². The summed E-state index contributed by atoms with van der Waals surface area (Å²) in [7, 11) is 0. The zero-order valence-corrected chi connectivity index (χ0v) is 14.9. The molecule has 0 radical (unpaired) electrons. The number of aliphatic hydroxyl groups is 1. The van der Waals surface area contributed by atoms with Crippen LogP contribution in [0.3, 0.4) is 0 Å². The topological polar surface area (TPSA) is 26.7 Å². The summed E-state index contributed by atoms with van der Waals surface area (Å²) in [6.45, 7) is 5.32. The van der Waals surface area contributed by atoms with E-state index < -0.39 is 0 Å². The van der Waals surface area contributed by atoms with E-state index in [1.807, 2.05) is 0 Å². The van der Waals surface area contributed by atoms with Gasteiger partial charge in [0, 0.05) is 44.9 Å². The molecular weight excluding hydrogens is 292 g/mol. The number of hydrogen-bond acceptors (Lipinski definition) is 4. The highest BCUT2D eigenvalue weighted by molar-refractivity contribution is 7.99. The Morgan fingerprint density at radius 1 is 0.955 bits per heavy atom. The van der Waals surface area contributed by atoms with Gasteiger partial charge in [0.05, 0.1) is 0 Å². The fourth-order valence-electron chi connectivity index (χ4n) is 4.66. The first-order chi connectivity index (χ1) is 10.9. The van der Waals surface area contributed by atoms with Crippen LogP contribution in [0.25, 0.3) is 0 Å². The van der Waals surface area contributed by atoms with Crippen LogP contribution >= 0.6 is 11.8 Å². The van der Waals surface area contributed by atoms with E-state index in [4.69, 9.17) is 0 Å². The molecule has 0 amide bonds. The van der Waals surface area contributed by atoms with Gasteiger partial charge in [0.15, 0.2) is 0 Å². The van der Waals surface area contributed by atoms with E-state index in [0.717, 1.165) is 18.4 Å². The molecule has 1 atom stereocenters. The Morgan fingerprint density at radius 2 is 1.73 bits per heavy atom. The Kier molecular flexibility index (Phi) is 6.91. The van der Waals surface area contributed by atoms with Crippen molar-refractivity contribution in [2.24, 2.45) is 5.92 Å². The number of hydrogen-bond donors (Lipinski definition) is 1. The molecule has 2 heterocycles. The molecule has 3 rings (SSSR count). The molecular formula is C18H34N2OS. The summed E-state index contributed by atoms with van der Waals surface area (Å²) in [4.78, 5) is 5.47. The third-order valence-electron chi connectivity index (χ3n) is 6.02. The fourth-order valence-corrected chi connectivity index (χ4v) is 5.75. The molecule has 1 N–H and O–H groups in total. The van der Waals surface area contributed by atoms with Crippen LogP contribution in [0, 0.1) is 5.92 Å². The summed E-state index contributed by atoms with van der Waals surface area (Å²) < 4.78 is 0. The second-order valence-corrected chi connectivity index (χ2v) is 8.73. The molecule has 1 saturated carbocycles. The lowest BCUT2D eigenvalue weighted by molar-refractivity contribution is 0.0218. The smallest absolute Gasteiger partial charge is 0.0446 e. The number of nitrogens with zero attached hydrogens (tertiary/aromatic N) is 2. The maximum Gasteiger partial charge on any atom is 0.0446 e. The highest BCUT2D eigenvalue weighted by Crippen LogP contribution is 2.28. The van der Waals surface area contributed by atoms with Crippen LogP contribution in [0.4, 0.5) is 0 Å². The lowest BCUT2D eigenvalue weighted by Gasteiger charge is -2.46. The van der Waals surface area contributed by atoms with Gasteiger partial charge in [-0.05, 0) is 49.5 Å². The molecule has 3 fully saturated rings. The average Bonchev–Trinajstić information content (AvgIpc) is 2.58. The second kappa shape index (κ2) is 8.91. The Hall–Kier alpha value is 0.230. The summed E-state index contributed by atoms with van der Waals surface area (Å²) >= 11 is 2.12. The van der Waals surface area contributed by atoms with E-state index in [2.05, 4.69) is 21.6 Å². The van der Waals surface area contributed by atoms with Gasteiger partial charge in [-0.15, -0.1) is 0 Å². The number of rotatable bonds is 5. The minimum absolute atomic E-state index is 0.347. The van der Waals surface area contributed by atoms with Crippen LogP contribution in [0.1, 0.15) is 51.4 Å². The van der Waals surface area contributed by atoms with Gasteiger partial charge in [-0.2, -0.15) is 11.8 Å². The van der Waals surface area contributed by atoms with Crippen molar-refractivity contribution in [2.45, 2.75) is 63.5 Å². The molecule has 4 heteroatoms. The van der Waals surface area contributed by atoms with Crippen LogP contribution in [0.5, 0.6) is 0 Å². The molecule has 3 nitrogen and oxygen atoms in total. The monoisotopic (exact) mass is 326 g/mol. The van der Waals surface area contributed by atoms with Crippen molar-refractivity contribution in [2.75, 3.05) is 44.3 Å². The second-order valence-electron chi connectivity index (χ2n) is 7.50. The van der Waals surface area contributed by atoms with E-state index in [1.54, 1.807) is 0 Å². The molecule has 0 bridgehead atoms. The first-order valence-electron chi connectivity index (χ1n) is 9.53. The van der Waals surface area contributed by atoms with Crippen LogP contribution in [0.2, 0.25) is 0 Å². The third kappa shape index (κ3) is 4.62. The van der Waals surface area contributed by atoms with E-state index in [9.17, 15) is 5.11 Å². The number of aliphatic hydroxyl groups excluding tert-OH is 1. The maximum absolute atomic E-state index is 9.49. The first kappa shape index (κ1) is 17.1. The molecule has 1 unspecified atom stereocenters. The summed E-state index contributed by atoms with van der Waals surface area (Å²) in [5, 5.41) is 9.49. The molecule has 22 heavy (non-hydrogen) atoms. The molecule has 3 aliphatic rings. The van der Waals surface area contributed by atoms with Crippen LogP contribution < -0.4 is 0 Å². The fraction of sp³-hybridized carbons (Fsp3) is 1.00. The summed E-state index contributed by atoms with van der Waals surface area (Å²) in [6, 6.07) is 1.41. The molecule has 0 aromatic carbocycles. The van der Waals surface area contributed by atoms with Crippen molar-refractivity contribution < 1.29 is 5.11 Å². The standard InChI is InChI=1S/C18H34N2OS/c21-11-6-18-15-20(17-7-12-22-13-8-17)10-9-19(18)14-16-4-2-1-3-5-16/h16-18,21H,1-15H2. The van der Waals surface area contributed by atoms with Crippen LogP contribution in [0.15, 0.2) is 0 Å². The summed E-state index contributed by atoms with van der Waals surface area (Å²) in [5.41, 5.74) is 0. The van der Waals surface area contributed by atoms with Crippen molar-refractivity contribution in [1.82, 2.24) is 9.80 Å². The predicted octanol–water partition coefficient (Wildman–Crippen LogP) is 2.83. The number of piperazine rings is 1. The van der Waals surface area contributed by atoms with E-state index in [-0.39, 0.29) is 0 Å². The van der Waals surface area contributed by atoms with Gasteiger partial charge >= 0.3 is 0 Å². The third-order valence-corrected chi connectivity index (χ3v) is 7.07. The van der Waals surface area contributed by atoms with Gasteiger partial charge < -0.3 is 5.11 Å². The Balaban J connectivity index is 1.53. The average molecular weight is 327 g/mol. The van der Waals surface area contributed by atoms with Crippen molar-refractivity contribution in [3.63, 3.8) is 0 Å². The largest absolute Gasteiger partial charge is 0.396 e. The van der Waals surface area contributed by atoms with E-state index in [0.29, 0.717) is 12.6 Å². The molecule has 0 spiro atoms. The maximum atomic E-state index is 9.49. The predicted molar refractivity (Wildman–Crippen MR) is 95.6 cm³/mol. The summed E-state index contributed by atoms with van der Waals surface area (Å²) in [5.74, 6) is 3.61. The zero-order chi connectivity index (χ0) is 15.2. The van der Waals surface area contributed by atoms with Crippen molar-refractivity contribution >= 4 is 11.8 Å². The molecule has 0 aromatic heterocycles. The number of thioether (sulfide) groups is 1. The van der Waals surface area contributed by atoms with Gasteiger partial charge in [0.2, 0.25) is 0 Å². The van der Waals surface area contributed by atoms with Gasteiger partial charge in [-0.25, -0.2) is 0 Å².